The van der Waals surface area contributed by atoms with Gasteiger partial charge in [-0.2, -0.15) is 0 Å². The normalized spacial score (nSPS) is 25.1. The molecule has 1 aromatic carbocycles. The third kappa shape index (κ3) is 2.45. The second kappa shape index (κ2) is 5.07. The van der Waals surface area contributed by atoms with E-state index in [9.17, 15) is 9.90 Å². The molecule has 1 aliphatic rings. The van der Waals surface area contributed by atoms with Gasteiger partial charge in [0.25, 0.3) is 0 Å². The van der Waals surface area contributed by atoms with Crippen LogP contribution in [-0.2, 0) is 4.79 Å². The second-order valence-corrected chi connectivity index (χ2v) is 4.83. The van der Waals surface area contributed by atoms with E-state index >= 15 is 0 Å². The maximum absolute atomic E-state index is 11.3. The molecule has 1 fully saturated rings. The first-order valence-corrected chi connectivity index (χ1v) is 6.20. The van der Waals surface area contributed by atoms with Gasteiger partial charge in [0.05, 0.1) is 5.92 Å². The van der Waals surface area contributed by atoms with Crippen molar-refractivity contribution < 1.29 is 9.90 Å². The summed E-state index contributed by atoms with van der Waals surface area (Å²) in [5, 5.41) is 9.95. The molecular weight excluding hydrogens is 238 g/mol. The fourth-order valence-corrected chi connectivity index (χ4v) is 2.76. The van der Waals surface area contributed by atoms with Crippen LogP contribution in [0, 0.1) is 5.92 Å². The average Bonchev–Trinajstić information content (AvgIpc) is 2.73. The Morgan fingerprint density at radius 1 is 1.47 bits per heavy atom. The van der Waals surface area contributed by atoms with Gasteiger partial charge < -0.3 is 10.0 Å². The minimum Gasteiger partial charge on any atom is -0.481 e. The quantitative estimate of drug-likeness (QED) is 0.900. The third-order valence-corrected chi connectivity index (χ3v) is 3.81. The summed E-state index contributed by atoms with van der Waals surface area (Å²) in [6.45, 7) is 4.32. The van der Waals surface area contributed by atoms with Gasteiger partial charge >= 0.3 is 5.97 Å². The molecule has 2 rings (SSSR count). The molecule has 0 saturated carbocycles. The molecule has 2 atom stereocenters. The van der Waals surface area contributed by atoms with Crippen molar-refractivity contribution in [2.45, 2.75) is 12.8 Å². The average molecular weight is 254 g/mol. The predicted octanol–water partition coefficient (Wildman–Crippen LogP) is 2.46. The first-order chi connectivity index (χ1) is 8.13. The number of nitrogens with zero attached hydrogens (tertiary/aromatic N) is 1. The Bertz CT molecular complexity index is 422. The van der Waals surface area contributed by atoms with Crippen molar-refractivity contribution in [3.8, 4) is 0 Å². The van der Waals surface area contributed by atoms with Gasteiger partial charge in [0.2, 0.25) is 0 Å². The van der Waals surface area contributed by atoms with Crippen LogP contribution in [0.25, 0.3) is 0 Å². The Kier molecular flexibility index (Phi) is 3.69. The summed E-state index contributed by atoms with van der Waals surface area (Å²) in [6.07, 6.45) is 0. The van der Waals surface area contributed by atoms with E-state index in [1.807, 2.05) is 31.2 Å². The number of carboxylic acid groups (broad SMARTS) is 1. The zero-order valence-electron chi connectivity index (χ0n) is 9.77. The Labute approximate surface area is 106 Å². The zero-order chi connectivity index (χ0) is 12.4. The minimum absolute atomic E-state index is 0.00106. The van der Waals surface area contributed by atoms with Gasteiger partial charge in [-0.1, -0.05) is 36.7 Å². The van der Waals surface area contributed by atoms with Crippen molar-refractivity contribution in [1.82, 2.24) is 4.90 Å². The molecule has 1 saturated heterocycles. The number of hydrogen-bond donors (Lipinski definition) is 1. The predicted molar refractivity (Wildman–Crippen MR) is 67.4 cm³/mol. The Hall–Kier alpha value is -1.06. The van der Waals surface area contributed by atoms with Crippen molar-refractivity contribution in [3.05, 3.63) is 34.9 Å². The molecule has 0 bridgehead atoms. The number of rotatable bonds is 3. The molecular formula is C13H16ClNO2. The maximum Gasteiger partial charge on any atom is 0.308 e. The van der Waals surface area contributed by atoms with Gasteiger partial charge in [0, 0.05) is 24.0 Å². The van der Waals surface area contributed by atoms with E-state index in [1.54, 1.807) is 0 Å². The van der Waals surface area contributed by atoms with Gasteiger partial charge in [-0.05, 0) is 18.2 Å². The third-order valence-electron chi connectivity index (χ3n) is 3.46. The number of likely N-dealkylation sites (tertiary alicyclic amines) is 1. The molecule has 92 valence electrons. The molecule has 17 heavy (non-hydrogen) atoms. The molecule has 3 nitrogen and oxygen atoms in total. The monoisotopic (exact) mass is 253 g/mol. The number of carboxylic acids is 1. The topological polar surface area (TPSA) is 40.5 Å². The first kappa shape index (κ1) is 12.4. The molecule has 1 aromatic rings. The lowest BCUT2D eigenvalue weighted by atomic mass is 9.89. The van der Waals surface area contributed by atoms with Crippen LogP contribution in [-0.4, -0.2) is 35.6 Å². The largest absolute Gasteiger partial charge is 0.481 e. The maximum atomic E-state index is 11.3. The second-order valence-electron chi connectivity index (χ2n) is 4.42. The molecule has 0 aromatic heterocycles. The first-order valence-electron chi connectivity index (χ1n) is 5.83. The summed E-state index contributed by atoms with van der Waals surface area (Å²) < 4.78 is 0. The number of aliphatic carboxylic acids is 1. The van der Waals surface area contributed by atoms with Gasteiger partial charge in [-0.3, -0.25) is 4.79 Å². The Balaban J connectivity index is 2.30. The number of halogens is 1. The van der Waals surface area contributed by atoms with Crippen LogP contribution < -0.4 is 0 Å². The van der Waals surface area contributed by atoms with Crippen molar-refractivity contribution in [1.29, 1.82) is 0 Å². The highest BCUT2D eigenvalue weighted by Crippen LogP contribution is 2.36. The number of carbonyl (C=O) groups is 1. The van der Waals surface area contributed by atoms with Crippen LogP contribution in [0.2, 0.25) is 5.02 Å². The zero-order valence-corrected chi connectivity index (χ0v) is 10.5. The van der Waals surface area contributed by atoms with Crippen molar-refractivity contribution >= 4 is 17.6 Å². The fourth-order valence-electron chi connectivity index (χ4n) is 2.48. The lowest BCUT2D eigenvalue weighted by molar-refractivity contribution is -0.141. The highest BCUT2D eigenvalue weighted by atomic mass is 35.5. The molecule has 4 heteroatoms. The van der Waals surface area contributed by atoms with E-state index < -0.39 is 5.97 Å². The van der Waals surface area contributed by atoms with E-state index in [4.69, 9.17) is 11.6 Å². The van der Waals surface area contributed by atoms with E-state index in [-0.39, 0.29) is 11.8 Å². The Morgan fingerprint density at radius 3 is 2.76 bits per heavy atom. The fraction of sp³-hybridized carbons (Fsp3) is 0.462. The van der Waals surface area contributed by atoms with Crippen LogP contribution in [0.1, 0.15) is 18.4 Å². The molecule has 1 heterocycles. The summed E-state index contributed by atoms with van der Waals surface area (Å²) in [5.41, 5.74) is 0.956. The van der Waals surface area contributed by atoms with Crippen molar-refractivity contribution in [2.24, 2.45) is 5.92 Å². The molecule has 0 radical (unpaired) electrons. The van der Waals surface area contributed by atoms with Gasteiger partial charge in [-0.15, -0.1) is 0 Å². The smallest absolute Gasteiger partial charge is 0.308 e. The lowest BCUT2D eigenvalue weighted by Crippen LogP contribution is -2.23. The highest BCUT2D eigenvalue weighted by Gasteiger charge is 2.38. The van der Waals surface area contributed by atoms with Crippen molar-refractivity contribution in [3.63, 3.8) is 0 Å². The summed E-state index contributed by atoms with van der Waals surface area (Å²) >= 11 is 6.15. The minimum atomic E-state index is -0.731. The molecule has 1 N–H and O–H groups in total. The van der Waals surface area contributed by atoms with E-state index in [2.05, 4.69) is 4.90 Å². The van der Waals surface area contributed by atoms with Crippen LogP contribution in [0.4, 0.5) is 0 Å². The number of hydrogen-bond acceptors (Lipinski definition) is 2. The van der Waals surface area contributed by atoms with Crippen molar-refractivity contribution in [2.75, 3.05) is 19.6 Å². The van der Waals surface area contributed by atoms with Gasteiger partial charge in [0.15, 0.2) is 0 Å². The highest BCUT2D eigenvalue weighted by molar-refractivity contribution is 6.31. The summed E-state index contributed by atoms with van der Waals surface area (Å²) in [7, 11) is 0. The molecule has 1 aliphatic heterocycles. The van der Waals surface area contributed by atoms with Crippen LogP contribution >= 0.6 is 11.6 Å². The lowest BCUT2D eigenvalue weighted by Gasteiger charge is -2.16. The van der Waals surface area contributed by atoms with Gasteiger partial charge in [-0.25, -0.2) is 0 Å². The summed E-state index contributed by atoms with van der Waals surface area (Å²) in [5.74, 6) is -1.08. The SMILES string of the molecule is CCN1CC(C(=O)O)C(c2ccccc2Cl)C1. The van der Waals surface area contributed by atoms with E-state index in [1.165, 1.54) is 0 Å². The molecule has 0 amide bonds. The summed E-state index contributed by atoms with van der Waals surface area (Å²) in [6, 6.07) is 7.54. The van der Waals surface area contributed by atoms with Gasteiger partial charge in [0.1, 0.15) is 0 Å². The van der Waals surface area contributed by atoms with Crippen LogP contribution in [0.15, 0.2) is 24.3 Å². The Morgan fingerprint density at radius 2 is 2.18 bits per heavy atom. The summed E-state index contributed by atoms with van der Waals surface area (Å²) in [4.78, 5) is 13.4. The molecule has 0 aliphatic carbocycles. The standard InChI is InChI=1S/C13H16ClNO2/c1-2-15-7-10(11(8-15)13(16)17)9-5-3-4-6-12(9)14/h3-6,10-11H,2,7-8H2,1H3,(H,16,17). The molecule has 0 spiro atoms. The van der Waals surface area contributed by atoms with E-state index in [0.29, 0.717) is 11.6 Å². The van der Waals surface area contributed by atoms with E-state index in [0.717, 1.165) is 18.7 Å². The number of likely N-dealkylation sites (N-methyl/N-ethyl adjacent to an activating group) is 1. The van der Waals surface area contributed by atoms with Crippen LogP contribution in [0.3, 0.4) is 0 Å². The molecule has 2 unspecified atom stereocenters. The number of benzene rings is 1. The van der Waals surface area contributed by atoms with Crippen LogP contribution in [0.5, 0.6) is 0 Å².